The van der Waals surface area contributed by atoms with E-state index in [9.17, 15) is 10.2 Å². The predicted octanol–water partition coefficient (Wildman–Crippen LogP) is 1.35. The van der Waals surface area contributed by atoms with Crippen LogP contribution in [0.5, 0.6) is 5.75 Å². The number of hydrogen-bond donors (Lipinski definition) is 3. The number of aliphatic hydroxyl groups is 2. The van der Waals surface area contributed by atoms with Gasteiger partial charge in [-0.2, -0.15) is 5.10 Å². The number of rotatable bonds is 4. The van der Waals surface area contributed by atoms with Crippen molar-refractivity contribution in [3.8, 4) is 5.75 Å². The third-order valence-corrected chi connectivity index (χ3v) is 5.53. The van der Waals surface area contributed by atoms with Crippen molar-refractivity contribution in [1.29, 1.82) is 0 Å². The molecule has 0 spiro atoms. The highest BCUT2D eigenvalue weighted by atomic mass is 16.5. The number of aromatic nitrogens is 3. The Balaban J connectivity index is 1.51. The molecule has 0 saturated carbocycles. The molecule has 2 aliphatic heterocycles. The van der Waals surface area contributed by atoms with Gasteiger partial charge in [0.2, 0.25) is 0 Å². The van der Waals surface area contributed by atoms with Crippen LogP contribution in [-0.2, 0) is 11.2 Å². The Bertz CT molecular complexity index is 1060. The van der Waals surface area contributed by atoms with Gasteiger partial charge in [0, 0.05) is 38.0 Å². The molecule has 1 fully saturated rings. The number of fused-ring (bicyclic) bond motifs is 2. The van der Waals surface area contributed by atoms with Crippen LogP contribution in [0, 0.1) is 0 Å². The first kappa shape index (κ1) is 19.1. The van der Waals surface area contributed by atoms with Gasteiger partial charge >= 0.3 is 0 Å². The fourth-order valence-electron chi connectivity index (χ4n) is 4.03. The standard InChI is InChI=1S/C21H25N5O4/c1-21(28)11-14-9-16(17(10-18(14)30-13-21)25-5-7-29-8-6-25)24-20(27)15-12-23-26-4-2-3-22-19(15)26/h2-4,9-10,12,20,24,27-28H,5-8,11,13H2,1H3/t20?,21-/m0/s1. The SMILES string of the molecule is C[C@@]1(O)COc2cc(N3CCOCC3)c(NC(O)c3cnn4cccnc34)cc2C1. The van der Waals surface area contributed by atoms with E-state index in [2.05, 4.69) is 20.3 Å². The summed E-state index contributed by atoms with van der Waals surface area (Å²) in [6.07, 6.45) is 4.55. The largest absolute Gasteiger partial charge is 0.490 e. The second-order valence-electron chi connectivity index (χ2n) is 8.07. The quantitative estimate of drug-likeness (QED) is 0.553. The Kier molecular flexibility index (Phi) is 4.73. The molecule has 4 heterocycles. The third kappa shape index (κ3) is 3.55. The summed E-state index contributed by atoms with van der Waals surface area (Å²) in [6, 6.07) is 5.73. The second-order valence-corrected chi connectivity index (χ2v) is 8.07. The minimum atomic E-state index is -1.000. The first-order valence-corrected chi connectivity index (χ1v) is 10.1. The van der Waals surface area contributed by atoms with Crippen molar-refractivity contribution < 1.29 is 19.7 Å². The monoisotopic (exact) mass is 411 g/mol. The van der Waals surface area contributed by atoms with Crippen LogP contribution in [0.15, 0.2) is 36.8 Å². The molecule has 0 aliphatic carbocycles. The number of hydrogen-bond acceptors (Lipinski definition) is 8. The fraction of sp³-hybridized carbons (Fsp3) is 0.429. The summed E-state index contributed by atoms with van der Waals surface area (Å²) in [7, 11) is 0. The smallest absolute Gasteiger partial charge is 0.162 e. The Morgan fingerprint density at radius 2 is 2.10 bits per heavy atom. The Morgan fingerprint density at radius 3 is 2.93 bits per heavy atom. The van der Waals surface area contributed by atoms with Crippen LogP contribution in [0.3, 0.4) is 0 Å². The predicted molar refractivity (Wildman–Crippen MR) is 111 cm³/mol. The molecule has 1 aromatic carbocycles. The molecule has 9 nitrogen and oxygen atoms in total. The van der Waals surface area contributed by atoms with Crippen LogP contribution in [-0.4, -0.2) is 63.3 Å². The third-order valence-electron chi connectivity index (χ3n) is 5.53. The number of nitrogens with zero attached hydrogens (tertiary/aromatic N) is 4. The Morgan fingerprint density at radius 1 is 1.27 bits per heavy atom. The molecule has 158 valence electrons. The molecule has 1 unspecified atom stereocenters. The molecule has 2 aliphatic rings. The van der Waals surface area contributed by atoms with E-state index in [1.807, 2.05) is 12.1 Å². The number of aliphatic hydroxyl groups excluding tert-OH is 1. The molecule has 3 aromatic rings. The van der Waals surface area contributed by atoms with E-state index in [0.29, 0.717) is 30.8 Å². The fourth-order valence-corrected chi connectivity index (χ4v) is 4.03. The van der Waals surface area contributed by atoms with Gasteiger partial charge in [-0.3, -0.25) is 0 Å². The maximum absolute atomic E-state index is 11.0. The van der Waals surface area contributed by atoms with Crippen LogP contribution in [0.4, 0.5) is 11.4 Å². The summed E-state index contributed by atoms with van der Waals surface area (Å²) in [5, 5.41) is 28.9. The molecule has 2 atom stereocenters. The van der Waals surface area contributed by atoms with E-state index in [4.69, 9.17) is 9.47 Å². The van der Waals surface area contributed by atoms with Gasteiger partial charge in [0.25, 0.3) is 0 Å². The molecule has 5 rings (SSSR count). The van der Waals surface area contributed by atoms with Crippen molar-refractivity contribution in [2.75, 3.05) is 43.1 Å². The van der Waals surface area contributed by atoms with Crippen molar-refractivity contribution in [3.63, 3.8) is 0 Å². The van der Waals surface area contributed by atoms with Crippen LogP contribution in [0.2, 0.25) is 0 Å². The van der Waals surface area contributed by atoms with Crippen molar-refractivity contribution in [1.82, 2.24) is 14.6 Å². The molecule has 9 heteroatoms. The van der Waals surface area contributed by atoms with Gasteiger partial charge in [-0.15, -0.1) is 0 Å². The molecule has 0 amide bonds. The van der Waals surface area contributed by atoms with E-state index in [0.717, 1.165) is 35.8 Å². The highest BCUT2D eigenvalue weighted by Gasteiger charge is 2.31. The van der Waals surface area contributed by atoms with Gasteiger partial charge in [0.1, 0.15) is 12.4 Å². The summed E-state index contributed by atoms with van der Waals surface area (Å²) in [5.74, 6) is 0.765. The number of benzene rings is 1. The van der Waals surface area contributed by atoms with Gasteiger partial charge in [-0.05, 0) is 24.6 Å². The van der Waals surface area contributed by atoms with Gasteiger partial charge in [0.15, 0.2) is 11.9 Å². The lowest BCUT2D eigenvalue weighted by Crippen LogP contribution is -2.39. The van der Waals surface area contributed by atoms with Crippen molar-refractivity contribution >= 4 is 17.0 Å². The Labute approximate surface area is 173 Å². The molecule has 2 aromatic heterocycles. The van der Waals surface area contributed by atoms with Crippen LogP contribution >= 0.6 is 0 Å². The van der Waals surface area contributed by atoms with E-state index >= 15 is 0 Å². The molecule has 0 bridgehead atoms. The van der Waals surface area contributed by atoms with Gasteiger partial charge in [0.05, 0.1) is 41.9 Å². The van der Waals surface area contributed by atoms with Crippen LogP contribution in [0.1, 0.15) is 24.3 Å². The minimum Gasteiger partial charge on any atom is -0.490 e. The first-order chi connectivity index (χ1) is 14.5. The summed E-state index contributed by atoms with van der Waals surface area (Å²) < 4.78 is 13.0. The number of anilines is 2. The maximum atomic E-state index is 11.0. The average molecular weight is 411 g/mol. The van der Waals surface area contributed by atoms with Gasteiger partial charge < -0.3 is 29.9 Å². The van der Waals surface area contributed by atoms with Crippen LogP contribution < -0.4 is 15.0 Å². The number of morpholine rings is 1. The maximum Gasteiger partial charge on any atom is 0.162 e. The van der Waals surface area contributed by atoms with Crippen molar-refractivity contribution in [2.24, 2.45) is 0 Å². The minimum absolute atomic E-state index is 0.256. The summed E-state index contributed by atoms with van der Waals surface area (Å²) in [4.78, 5) is 6.54. The second kappa shape index (κ2) is 7.42. The molecule has 1 saturated heterocycles. The number of ether oxygens (including phenoxy) is 2. The summed E-state index contributed by atoms with van der Waals surface area (Å²) in [6.45, 7) is 4.81. The lowest BCUT2D eigenvalue weighted by molar-refractivity contribution is -0.000573. The van der Waals surface area contributed by atoms with Crippen LogP contribution in [0.25, 0.3) is 5.65 Å². The zero-order valence-electron chi connectivity index (χ0n) is 16.8. The molecule has 3 N–H and O–H groups in total. The van der Waals surface area contributed by atoms with Gasteiger partial charge in [-0.1, -0.05) is 0 Å². The van der Waals surface area contributed by atoms with Crippen molar-refractivity contribution in [2.45, 2.75) is 25.2 Å². The lowest BCUT2D eigenvalue weighted by atomic mass is 9.93. The topological polar surface area (TPSA) is 104 Å². The Hall–Kier alpha value is -2.88. The summed E-state index contributed by atoms with van der Waals surface area (Å²) in [5.41, 5.74) is 2.85. The molecular formula is C21H25N5O4. The van der Waals surface area contributed by atoms with E-state index in [1.165, 1.54) is 0 Å². The highest BCUT2D eigenvalue weighted by Crippen LogP contribution is 2.39. The van der Waals surface area contributed by atoms with Crippen molar-refractivity contribution in [3.05, 3.63) is 47.9 Å². The van der Waals surface area contributed by atoms with Gasteiger partial charge in [-0.25, -0.2) is 9.50 Å². The normalized spacial score (nSPS) is 22.4. The highest BCUT2D eigenvalue weighted by molar-refractivity contribution is 5.75. The van der Waals surface area contributed by atoms with E-state index in [-0.39, 0.29) is 6.61 Å². The zero-order valence-corrected chi connectivity index (χ0v) is 16.8. The molecular weight excluding hydrogens is 386 g/mol. The van der Waals surface area contributed by atoms with E-state index in [1.54, 1.807) is 36.1 Å². The lowest BCUT2D eigenvalue weighted by Gasteiger charge is -2.35. The average Bonchev–Trinajstić information content (AvgIpc) is 3.17. The van der Waals surface area contributed by atoms with E-state index < -0.39 is 11.8 Å². The number of nitrogens with one attached hydrogen (secondary N) is 1. The molecule has 0 radical (unpaired) electrons. The molecule has 30 heavy (non-hydrogen) atoms. The zero-order chi connectivity index (χ0) is 20.7. The summed E-state index contributed by atoms with van der Waals surface area (Å²) >= 11 is 0. The first-order valence-electron chi connectivity index (χ1n) is 10.1.